The molecule has 21 heavy (non-hydrogen) atoms. The molecule has 2 N–H and O–H groups in total. The standard InChI is InChI=1S/C16H15ClN2O2/c17-12-5-3-6-13(9-12)19-10-14(21-16(18)20)8-11-4-1-2-7-15(11)19/h1-7,9,14H,8,10H2,(H2,18,20). The first kappa shape index (κ1) is 13.8. The number of anilines is 2. The molecule has 3 rings (SSSR count). The van der Waals surface area contributed by atoms with E-state index in [9.17, 15) is 4.79 Å². The highest BCUT2D eigenvalue weighted by atomic mass is 35.5. The van der Waals surface area contributed by atoms with Gasteiger partial charge < -0.3 is 15.4 Å². The van der Waals surface area contributed by atoms with Crippen molar-refractivity contribution in [2.75, 3.05) is 11.4 Å². The van der Waals surface area contributed by atoms with E-state index in [-0.39, 0.29) is 6.10 Å². The summed E-state index contributed by atoms with van der Waals surface area (Å²) in [5, 5.41) is 0.669. The molecule has 5 heteroatoms. The van der Waals surface area contributed by atoms with Crippen LogP contribution >= 0.6 is 11.6 Å². The van der Waals surface area contributed by atoms with Crippen LogP contribution < -0.4 is 10.6 Å². The smallest absolute Gasteiger partial charge is 0.404 e. The predicted molar refractivity (Wildman–Crippen MR) is 83.1 cm³/mol. The van der Waals surface area contributed by atoms with Gasteiger partial charge in [0.2, 0.25) is 0 Å². The van der Waals surface area contributed by atoms with Crippen LogP contribution in [0.4, 0.5) is 16.2 Å². The number of rotatable bonds is 2. The maximum Gasteiger partial charge on any atom is 0.404 e. The van der Waals surface area contributed by atoms with Crippen molar-refractivity contribution in [1.29, 1.82) is 0 Å². The van der Waals surface area contributed by atoms with Gasteiger partial charge in [-0.1, -0.05) is 35.9 Å². The lowest BCUT2D eigenvalue weighted by Gasteiger charge is -2.35. The molecule has 2 aromatic carbocycles. The molecule has 1 amide bonds. The van der Waals surface area contributed by atoms with E-state index in [4.69, 9.17) is 22.1 Å². The molecule has 1 atom stereocenters. The average Bonchev–Trinajstić information content (AvgIpc) is 2.46. The second kappa shape index (κ2) is 5.66. The monoisotopic (exact) mass is 302 g/mol. The van der Waals surface area contributed by atoms with E-state index in [0.29, 0.717) is 18.0 Å². The molecule has 0 spiro atoms. The number of benzene rings is 2. The van der Waals surface area contributed by atoms with Crippen LogP contribution in [0.3, 0.4) is 0 Å². The molecule has 1 unspecified atom stereocenters. The van der Waals surface area contributed by atoms with Crippen molar-refractivity contribution in [3.05, 3.63) is 59.1 Å². The molecule has 0 saturated carbocycles. The zero-order valence-electron chi connectivity index (χ0n) is 11.3. The molecule has 1 heterocycles. The Kier molecular flexibility index (Phi) is 3.71. The molecule has 0 saturated heterocycles. The number of carbonyl (C=O) groups is 1. The van der Waals surface area contributed by atoms with Crippen molar-refractivity contribution in [2.45, 2.75) is 12.5 Å². The third kappa shape index (κ3) is 2.95. The lowest BCUT2D eigenvalue weighted by Crippen LogP contribution is -2.39. The van der Waals surface area contributed by atoms with Gasteiger partial charge in [0.05, 0.1) is 6.54 Å². The third-order valence-electron chi connectivity index (χ3n) is 3.52. The van der Waals surface area contributed by atoms with Gasteiger partial charge in [-0.15, -0.1) is 0 Å². The molecular formula is C16H15ClN2O2. The van der Waals surface area contributed by atoms with Crippen molar-refractivity contribution in [2.24, 2.45) is 5.73 Å². The van der Waals surface area contributed by atoms with Gasteiger partial charge in [-0.3, -0.25) is 0 Å². The fraction of sp³-hybridized carbons (Fsp3) is 0.188. The summed E-state index contributed by atoms with van der Waals surface area (Å²) in [4.78, 5) is 13.1. The van der Waals surface area contributed by atoms with Gasteiger partial charge in [0, 0.05) is 22.8 Å². The number of hydrogen-bond donors (Lipinski definition) is 1. The Morgan fingerprint density at radius 3 is 2.81 bits per heavy atom. The molecule has 0 radical (unpaired) electrons. The lowest BCUT2D eigenvalue weighted by molar-refractivity contribution is 0.108. The first-order valence-corrected chi connectivity index (χ1v) is 7.08. The Labute approximate surface area is 128 Å². The van der Waals surface area contributed by atoms with Crippen LogP contribution in [0.25, 0.3) is 0 Å². The summed E-state index contributed by atoms with van der Waals surface area (Å²) in [5.41, 5.74) is 8.34. The highest BCUT2D eigenvalue weighted by Gasteiger charge is 2.27. The highest BCUT2D eigenvalue weighted by Crippen LogP contribution is 2.34. The van der Waals surface area contributed by atoms with Crippen molar-refractivity contribution < 1.29 is 9.53 Å². The number of para-hydroxylation sites is 1. The molecular weight excluding hydrogens is 288 g/mol. The summed E-state index contributed by atoms with van der Waals surface area (Å²) in [6, 6.07) is 15.7. The van der Waals surface area contributed by atoms with Crippen molar-refractivity contribution in [3.63, 3.8) is 0 Å². The number of primary amides is 1. The van der Waals surface area contributed by atoms with E-state index in [1.807, 2.05) is 42.5 Å². The van der Waals surface area contributed by atoms with E-state index in [1.165, 1.54) is 0 Å². The van der Waals surface area contributed by atoms with Gasteiger partial charge in [0.1, 0.15) is 6.10 Å². The summed E-state index contributed by atoms with van der Waals surface area (Å²) >= 11 is 6.08. The predicted octanol–water partition coefficient (Wildman–Crippen LogP) is 3.50. The maximum absolute atomic E-state index is 11.0. The van der Waals surface area contributed by atoms with E-state index >= 15 is 0 Å². The minimum absolute atomic E-state index is 0.267. The number of amides is 1. The van der Waals surface area contributed by atoms with Gasteiger partial charge in [0.25, 0.3) is 0 Å². The summed E-state index contributed by atoms with van der Waals surface area (Å²) < 4.78 is 5.19. The van der Waals surface area contributed by atoms with Crippen molar-refractivity contribution in [1.82, 2.24) is 0 Å². The van der Waals surface area contributed by atoms with E-state index < -0.39 is 6.09 Å². The minimum atomic E-state index is -0.745. The number of hydrogen-bond acceptors (Lipinski definition) is 3. The van der Waals surface area contributed by atoms with Crippen molar-refractivity contribution in [3.8, 4) is 0 Å². The molecule has 4 nitrogen and oxygen atoms in total. The molecule has 1 aliphatic rings. The fourth-order valence-corrected chi connectivity index (χ4v) is 2.87. The Hall–Kier alpha value is -2.20. The molecule has 108 valence electrons. The van der Waals surface area contributed by atoms with Gasteiger partial charge in [-0.05, 0) is 29.8 Å². The van der Waals surface area contributed by atoms with Gasteiger partial charge in [-0.25, -0.2) is 4.79 Å². The third-order valence-corrected chi connectivity index (χ3v) is 3.75. The Balaban J connectivity index is 1.99. The normalized spacial score (nSPS) is 17.2. The van der Waals surface area contributed by atoms with Crippen LogP contribution in [0, 0.1) is 0 Å². The van der Waals surface area contributed by atoms with Gasteiger partial charge in [0.15, 0.2) is 0 Å². The van der Waals surface area contributed by atoms with Crippen LogP contribution in [-0.4, -0.2) is 18.7 Å². The average molecular weight is 303 g/mol. The topological polar surface area (TPSA) is 55.6 Å². The van der Waals surface area contributed by atoms with Gasteiger partial charge >= 0.3 is 6.09 Å². The minimum Gasteiger partial charge on any atom is -0.444 e. The number of ether oxygens (including phenoxy) is 1. The molecule has 0 fully saturated rings. The first-order valence-electron chi connectivity index (χ1n) is 6.70. The van der Waals surface area contributed by atoms with Gasteiger partial charge in [-0.2, -0.15) is 0 Å². The number of nitrogens with zero attached hydrogens (tertiary/aromatic N) is 1. The molecule has 1 aliphatic heterocycles. The zero-order chi connectivity index (χ0) is 14.8. The van der Waals surface area contributed by atoms with E-state index in [2.05, 4.69) is 11.0 Å². The van der Waals surface area contributed by atoms with Crippen LogP contribution in [0.2, 0.25) is 5.02 Å². The SMILES string of the molecule is NC(=O)OC1Cc2ccccc2N(c2cccc(Cl)c2)C1. The second-order valence-electron chi connectivity index (χ2n) is 4.98. The number of carbonyl (C=O) groups excluding carboxylic acids is 1. The molecule has 2 aromatic rings. The molecule has 0 aromatic heterocycles. The Bertz CT molecular complexity index is 675. The van der Waals surface area contributed by atoms with Crippen LogP contribution in [-0.2, 0) is 11.2 Å². The molecule has 0 aliphatic carbocycles. The fourth-order valence-electron chi connectivity index (χ4n) is 2.69. The summed E-state index contributed by atoms with van der Waals surface area (Å²) in [6.45, 7) is 0.556. The zero-order valence-corrected chi connectivity index (χ0v) is 12.1. The largest absolute Gasteiger partial charge is 0.444 e. The summed E-state index contributed by atoms with van der Waals surface area (Å²) in [5.74, 6) is 0. The first-order chi connectivity index (χ1) is 10.1. The lowest BCUT2D eigenvalue weighted by atomic mass is 9.99. The summed E-state index contributed by atoms with van der Waals surface area (Å²) in [7, 11) is 0. The van der Waals surface area contributed by atoms with Crippen LogP contribution in [0.1, 0.15) is 5.56 Å². The molecule has 0 bridgehead atoms. The highest BCUT2D eigenvalue weighted by molar-refractivity contribution is 6.30. The quantitative estimate of drug-likeness (QED) is 0.923. The van der Waals surface area contributed by atoms with Crippen molar-refractivity contribution >= 4 is 29.1 Å². The Morgan fingerprint density at radius 1 is 1.24 bits per heavy atom. The second-order valence-corrected chi connectivity index (χ2v) is 5.42. The summed E-state index contributed by atoms with van der Waals surface area (Å²) in [6.07, 6.45) is -0.349. The van der Waals surface area contributed by atoms with Crippen LogP contribution in [0.5, 0.6) is 0 Å². The van der Waals surface area contributed by atoms with E-state index in [0.717, 1.165) is 16.9 Å². The van der Waals surface area contributed by atoms with Crippen LogP contribution in [0.15, 0.2) is 48.5 Å². The number of nitrogens with two attached hydrogens (primary N) is 1. The number of fused-ring (bicyclic) bond motifs is 1. The number of halogens is 1. The maximum atomic E-state index is 11.0. The van der Waals surface area contributed by atoms with E-state index in [1.54, 1.807) is 0 Å². The Morgan fingerprint density at radius 2 is 2.05 bits per heavy atom.